The van der Waals surface area contributed by atoms with Crippen molar-refractivity contribution in [3.63, 3.8) is 0 Å². The lowest BCUT2D eigenvalue weighted by molar-refractivity contribution is 0.0777. The number of amides is 1. The van der Waals surface area contributed by atoms with E-state index >= 15 is 0 Å². The maximum atomic E-state index is 11.8. The van der Waals surface area contributed by atoms with Gasteiger partial charge in [0.1, 0.15) is 0 Å². The zero-order valence-electron chi connectivity index (χ0n) is 10.2. The summed E-state index contributed by atoms with van der Waals surface area (Å²) in [5, 5.41) is 0.228. The highest BCUT2D eigenvalue weighted by Gasteiger charge is 2.42. The fourth-order valence-electron chi connectivity index (χ4n) is 1.76. The molecular formula is C11H21NO2S. The van der Waals surface area contributed by atoms with Gasteiger partial charge in [-0.2, -0.15) is 0 Å². The Hall–Kier alpha value is -0.380. The van der Waals surface area contributed by atoms with Gasteiger partial charge < -0.3 is 4.74 Å². The molecular weight excluding hydrogens is 210 g/mol. The summed E-state index contributed by atoms with van der Waals surface area (Å²) in [7, 11) is 0. The Morgan fingerprint density at radius 2 is 2.13 bits per heavy atom. The number of hydrogen-bond acceptors (Lipinski definition) is 3. The van der Waals surface area contributed by atoms with Crippen LogP contribution < -0.4 is 0 Å². The molecule has 4 heteroatoms. The van der Waals surface area contributed by atoms with Crippen molar-refractivity contribution in [1.29, 1.82) is 0 Å². The molecule has 0 aliphatic carbocycles. The van der Waals surface area contributed by atoms with Gasteiger partial charge in [0, 0.05) is 11.8 Å². The normalized spacial score (nSPS) is 26.9. The Balaban J connectivity index is 2.77. The van der Waals surface area contributed by atoms with Crippen molar-refractivity contribution < 1.29 is 9.53 Å². The van der Waals surface area contributed by atoms with Gasteiger partial charge >= 0.3 is 6.09 Å². The van der Waals surface area contributed by atoms with Gasteiger partial charge in [-0.1, -0.05) is 20.8 Å². The second kappa shape index (κ2) is 4.64. The van der Waals surface area contributed by atoms with Crippen LogP contribution in [0.4, 0.5) is 4.79 Å². The third-order valence-electron chi connectivity index (χ3n) is 2.44. The summed E-state index contributed by atoms with van der Waals surface area (Å²) in [6, 6.07) is 0.276. The molecule has 0 radical (unpaired) electrons. The van der Waals surface area contributed by atoms with E-state index in [4.69, 9.17) is 4.74 Å². The summed E-state index contributed by atoms with van der Waals surface area (Å²) >= 11 is 1.84. The zero-order valence-corrected chi connectivity index (χ0v) is 11.1. The van der Waals surface area contributed by atoms with Crippen LogP contribution in [-0.2, 0) is 4.74 Å². The van der Waals surface area contributed by atoms with E-state index in [0.29, 0.717) is 6.61 Å². The summed E-state index contributed by atoms with van der Waals surface area (Å²) in [4.78, 5) is 13.7. The third kappa shape index (κ3) is 2.80. The maximum Gasteiger partial charge on any atom is 0.410 e. The molecule has 0 spiro atoms. The van der Waals surface area contributed by atoms with E-state index in [0.717, 1.165) is 5.75 Å². The van der Waals surface area contributed by atoms with E-state index in [1.807, 2.05) is 23.6 Å². The molecule has 0 aromatic carbocycles. The Morgan fingerprint density at radius 3 is 2.60 bits per heavy atom. The smallest absolute Gasteiger partial charge is 0.410 e. The van der Waals surface area contributed by atoms with Gasteiger partial charge in [-0.25, -0.2) is 4.79 Å². The second-order valence-electron chi connectivity index (χ2n) is 5.01. The lowest BCUT2D eigenvalue weighted by Gasteiger charge is -2.35. The molecule has 0 aromatic heterocycles. The first kappa shape index (κ1) is 12.7. The SMILES string of the molecule is CCOC(=O)N1C(C)CSC1C(C)(C)C. The lowest BCUT2D eigenvalue weighted by Crippen LogP contribution is -2.45. The number of carbonyl (C=O) groups is 1. The molecule has 1 aliphatic heterocycles. The molecule has 1 heterocycles. The standard InChI is InChI=1S/C11H21NO2S/c1-6-14-10(13)12-8(2)7-15-9(12)11(3,4)5/h8-9H,6-7H2,1-5H3. The predicted molar refractivity (Wildman–Crippen MR) is 64.0 cm³/mol. The first-order valence-corrected chi connectivity index (χ1v) is 6.49. The Kier molecular flexibility index (Phi) is 3.93. The average Bonchev–Trinajstić information content (AvgIpc) is 2.46. The summed E-state index contributed by atoms with van der Waals surface area (Å²) in [6.07, 6.45) is -0.171. The minimum Gasteiger partial charge on any atom is -0.450 e. The van der Waals surface area contributed by atoms with Gasteiger partial charge in [0.2, 0.25) is 0 Å². The van der Waals surface area contributed by atoms with E-state index < -0.39 is 0 Å². The molecule has 3 nitrogen and oxygen atoms in total. The molecule has 15 heavy (non-hydrogen) atoms. The summed E-state index contributed by atoms with van der Waals surface area (Å²) < 4.78 is 5.10. The second-order valence-corrected chi connectivity index (χ2v) is 6.12. The van der Waals surface area contributed by atoms with E-state index in [-0.39, 0.29) is 22.9 Å². The first-order chi connectivity index (χ1) is 6.88. The largest absolute Gasteiger partial charge is 0.450 e. The number of carbonyl (C=O) groups excluding carboxylic acids is 1. The molecule has 0 bridgehead atoms. The van der Waals surface area contributed by atoms with Gasteiger partial charge in [0.15, 0.2) is 0 Å². The van der Waals surface area contributed by atoms with Gasteiger partial charge in [-0.05, 0) is 19.3 Å². The summed E-state index contributed by atoms with van der Waals surface area (Å²) in [5.74, 6) is 1.00. The zero-order chi connectivity index (χ0) is 11.6. The van der Waals surface area contributed by atoms with Gasteiger partial charge in [-0.15, -0.1) is 11.8 Å². The van der Waals surface area contributed by atoms with Crippen LogP contribution >= 0.6 is 11.8 Å². The Morgan fingerprint density at radius 1 is 1.53 bits per heavy atom. The highest BCUT2D eigenvalue weighted by atomic mass is 32.2. The fraction of sp³-hybridized carbons (Fsp3) is 0.909. The number of ether oxygens (including phenoxy) is 1. The average molecular weight is 231 g/mol. The molecule has 2 unspecified atom stereocenters. The van der Waals surface area contributed by atoms with Crippen molar-refractivity contribution in [2.75, 3.05) is 12.4 Å². The van der Waals surface area contributed by atoms with Gasteiger partial charge in [-0.3, -0.25) is 4.90 Å². The lowest BCUT2D eigenvalue weighted by atomic mass is 9.95. The highest BCUT2D eigenvalue weighted by Crippen LogP contribution is 2.40. The van der Waals surface area contributed by atoms with Crippen molar-refractivity contribution >= 4 is 17.9 Å². The molecule has 0 aromatic rings. The van der Waals surface area contributed by atoms with E-state index in [1.165, 1.54) is 0 Å². The topological polar surface area (TPSA) is 29.5 Å². The molecule has 1 saturated heterocycles. The van der Waals surface area contributed by atoms with Crippen LogP contribution in [0.3, 0.4) is 0 Å². The van der Waals surface area contributed by atoms with Crippen molar-refractivity contribution in [3.8, 4) is 0 Å². The first-order valence-electron chi connectivity index (χ1n) is 5.44. The summed E-state index contributed by atoms with van der Waals surface area (Å²) in [6.45, 7) is 10.9. The van der Waals surface area contributed by atoms with Crippen molar-refractivity contribution in [3.05, 3.63) is 0 Å². The minimum absolute atomic E-state index is 0.0994. The van der Waals surface area contributed by atoms with Gasteiger partial charge in [0.25, 0.3) is 0 Å². The van der Waals surface area contributed by atoms with E-state index in [2.05, 4.69) is 27.7 Å². The molecule has 88 valence electrons. The number of thioether (sulfide) groups is 1. The van der Waals surface area contributed by atoms with Crippen LogP contribution in [0.5, 0.6) is 0 Å². The molecule has 1 aliphatic rings. The van der Waals surface area contributed by atoms with Crippen LogP contribution in [-0.4, -0.2) is 34.8 Å². The Bertz CT molecular complexity index is 237. The van der Waals surface area contributed by atoms with Crippen LogP contribution in [0, 0.1) is 5.41 Å². The monoisotopic (exact) mass is 231 g/mol. The molecule has 1 amide bonds. The van der Waals surface area contributed by atoms with Crippen molar-refractivity contribution in [2.45, 2.75) is 46.0 Å². The molecule has 1 rings (SSSR count). The maximum absolute atomic E-state index is 11.8. The van der Waals surface area contributed by atoms with E-state index in [1.54, 1.807) is 0 Å². The molecule has 2 atom stereocenters. The summed E-state index contributed by atoms with van der Waals surface area (Å²) in [5.41, 5.74) is 0.0994. The quantitative estimate of drug-likeness (QED) is 0.695. The fourth-order valence-corrected chi connectivity index (χ4v) is 3.34. The van der Waals surface area contributed by atoms with Gasteiger partial charge in [0.05, 0.1) is 12.0 Å². The number of nitrogens with zero attached hydrogens (tertiary/aromatic N) is 1. The van der Waals surface area contributed by atoms with Crippen molar-refractivity contribution in [2.24, 2.45) is 5.41 Å². The van der Waals surface area contributed by atoms with Crippen LogP contribution in [0.1, 0.15) is 34.6 Å². The number of rotatable bonds is 1. The minimum atomic E-state index is -0.171. The predicted octanol–water partition coefficient (Wildman–Crippen LogP) is 2.95. The van der Waals surface area contributed by atoms with Crippen LogP contribution in [0.15, 0.2) is 0 Å². The molecule has 0 saturated carbocycles. The third-order valence-corrected chi connectivity index (χ3v) is 4.37. The van der Waals surface area contributed by atoms with E-state index in [9.17, 15) is 4.79 Å². The van der Waals surface area contributed by atoms with Crippen LogP contribution in [0.2, 0.25) is 0 Å². The number of hydrogen-bond donors (Lipinski definition) is 0. The Labute approximate surface area is 96.5 Å². The highest BCUT2D eigenvalue weighted by molar-refractivity contribution is 8.00. The van der Waals surface area contributed by atoms with Crippen molar-refractivity contribution in [1.82, 2.24) is 4.90 Å². The van der Waals surface area contributed by atoms with Crippen LogP contribution in [0.25, 0.3) is 0 Å². The molecule has 0 N–H and O–H groups in total. The molecule has 1 fully saturated rings.